The number of hydrogen-bond acceptors (Lipinski definition) is 6. The highest BCUT2D eigenvalue weighted by molar-refractivity contribution is 7.19. The number of nitrogen functional groups attached to an aromatic ring is 1. The van der Waals surface area contributed by atoms with Gasteiger partial charge in [-0.05, 0) is 17.2 Å². The summed E-state index contributed by atoms with van der Waals surface area (Å²) in [5.41, 5.74) is 8.95. The number of benzene rings is 2. The molecule has 0 bridgehead atoms. The van der Waals surface area contributed by atoms with Gasteiger partial charge in [0.25, 0.3) is 0 Å². The van der Waals surface area contributed by atoms with Crippen molar-refractivity contribution in [2.75, 3.05) is 5.73 Å². The van der Waals surface area contributed by atoms with Gasteiger partial charge in [-0.15, -0.1) is 10.2 Å². The van der Waals surface area contributed by atoms with E-state index < -0.39 is 0 Å². The van der Waals surface area contributed by atoms with E-state index >= 15 is 0 Å². The number of nitrogens with zero attached hydrogens (tertiary/aromatic N) is 5. The molecule has 2 aromatic carbocycles. The highest BCUT2D eigenvalue weighted by Crippen LogP contribution is 2.35. The summed E-state index contributed by atoms with van der Waals surface area (Å²) in [6, 6.07) is 20.2. The van der Waals surface area contributed by atoms with E-state index in [2.05, 4.69) is 32.5 Å². The second-order valence-electron chi connectivity index (χ2n) is 5.54. The SMILES string of the molecule is Nc1nc(-c2ccccc2)c(-c2nnn(CCc3ccccc3)n2)s1. The molecule has 0 aliphatic heterocycles. The summed E-state index contributed by atoms with van der Waals surface area (Å²) >= 11 is 1.38. The molecule has 2 aromatic heterocycles. The van der Waals surface area contributed by atoms with Crippen LogP contribution in [0.2, 0.25) is 0 Å². The maximum atomic E-state index is 5.92. The lowest BCUT2D eigenvalue weighted by molar-refractivity contribution is 0.523. The Labute approximate surface area is 149 Å². The lowest BCUT2D eigenvalue weighted by Gasteiger charge is -2.00. The van der Waals surface area contributed by atoms with E-state index in [4.69, 9.17) is 5.73 Å². The maximum absolute atomic E-state index is 5.92. The predicted octanol–water partition coefficient (Wildman–Crippen LogP) is 3.29. The average molecular weight is 348 g/mol. The van der Waals surface area contributed by atoms with Crippen molar-refractivity contribution in [1.82, 2.24) is 25.2 Å². The largest absolute Gasteiger partial charge is 0.375 e. The summed E-state index contributed by atoms with van der Waals surface area (Å²) in [7, 11) is 0. The van der Waals surface area contributed by atoms with Crippen molar-refractivity contribution < 1.29 is 0 Å². The van der Waals surface area contributed by atoms with E-state index in [1.165, 1.54) is 16.9 Å². The Morgan fingerprint density at radius 1 is 0.960 bits per heavy atom. The van der Waals surface area contributed by atoms with Crippen molar-refractivity contribution in [2.45, 2.75) is 13.0 Å². The van der Waals surface area contributed by atoms with Crippen molar-refractivity contribution in [3.63, 3.8) is 0 Å². The minimum absolute atomic E-state index is 0.495. The van der Waals surface area contributed by atoms with Crippen LogP contribution in [0.4, 0.5) is 5.13 Å². The summed E-state index contributed by atoms with van der Waals surface area (Å²) in [5, 5.41) is 13.4. The molecule has 7 heteroatoms. The molecule has 4 aromatic rings. The van der Waals surface area contributed by atoms with Gasteiger partial charge in [0.1, 0.15) is 4.88 Å². The number of tetrazole rings is 1. The zero-order valence-electron chi connectivity index (χ0n) is 13.4. The minimum Gasteiger partial charge on any atom is -0.375 e. The van der Waals surface area contributed by atoms with Gasteiger partial charge in [0, 0.05) is 5.56 Å². The van der Waals surface area contributed by atoms with E-state index in [0.717, 1.165) is 22.6 Å². The number of rotatable bonds is 5. The zero-order valence-corrected chi connectivity index (χ0v) is 14.2. The number of hydrogen-bond donors (Lipinski definition) is 1. The molecule has 2 N–H and O–H groups in total. The third kappa shape index (κ3) is 3.41. The molecular weight excluding hydrogens is 332 g/mol. The average Bonchev–Trinajstić information content (AvgIpc) is 3.28. The number of thiazole rings is 1. The summed E-state index contributed by atoms with van der Waals surface area (Å²) in [4.78, 5) is 6.90. The van der Waals surface area contributed by atoms with Gasteiger partial charge in [0.05, 0.1) is 12.2 Å². The highest BCUT2D eigenvalue weighted by atomic mass is 32.1. The van der Waals surface area contributed by atoms with Gasteiger partial charge in [0.2, 0.25) is 5.82 Å². The molecule has 0 spiro atoms. The quantitative estimate of drug-likeness (QED) is 0.598. The molecular formula is C18H16N6S. The van der Waals surface area contributed by atoms with E-state index in [1.807, 2.05) is 48.5 Å². The molecule has 25 heavy (non-hydrogen) atoms. The molecule has 0 saturated heterocycles. The standard InChI is InChI=1S/C18H16N6S/c19-18-20-15(14-9-5-2-6-10-14)16(25-18)17-21-23-24(22-17)12-11-13-7-3-1-4-8-13/h1-10H,11-12H2,(H2,19,20). The maximum Gasteiger partial charge on any atom is 0.217 e. The molecule has 0 aliphatic rings. The number of anilines is 1. The molecule has 0 unspecified atom stereocenters. The fourth-order valence-electron chi connectivity index (χ4n) is 2.58. The van der Waals surface area contributed by atoms with Crippen LogP contribution in [0.1, 0.15) is 5.56 Å². The first-order chi connectivity index (χ1) is 12.3. The second-order valence-corrected chi connectivity index (χ2v) is 6.57. The Morgan fingerprint density at radius 3 is 2.44 bits per heavy atom. The third-order valence-electron chi connectivity index (χ3n) is 3.79. The van der Waals surface area contributed by atoms with Crippen molar-refractivity contribution in [2.24, 2.45) is 0 Å². The molecule has 0 atom stereocenters. The van der Waals surface area contributed by atoms with Crippen molar-refractivity contribution in [3.05, 3.63) is 66.2 Å². The van der Waals surface area contributed by atoms with Crippen molar-refractivity contribution in [3.8, 4) is 22.0 Å². The molecule has 6 nitrogen and oxygen atoms in total. The van der Waals surface area contributed by atoms with Gasteiger partial charge < -0.3 is 5.73 Å². The topological polar surface area (TPSA) is 82.5 Å². The van der Waals surface area contributed by atoms with E-state index in [-0.39, 0.29) is 0 Å². The van der Waals surface area contributed by atoms with Gasteiger partial charge in [-0.2, -0.15) is 4.80 Å². The van der Waals surface area contributed by atoms with Crippen LogP contribution in [-0.2, 0) is 13.0 Å². The van der Waals surface area contributed by atoms with E-state index in [0.29, 0.717) is 17.5 Å². The van der Waals surface area contributed by atoms with E-state index in [1.54, 1.807) is 4.80 Å². The number of nitrogens with two attached hydrogens (primary N) is 1. The van der Waals surface area contributed by atoms with Gasteiger partial charge in [-0.3, -0.25) is 0 Å². The Kier molecular flexibility index (Phi) is 4.22. The van der Waals surface area contributed by atoms with Crippen LogP contribution in [-0.4, -0.2) is 25.2 Å². The summed E-state index contributed by atoms with van der Waals surface area (Å²) in [6.07, 6.45) is 0.854. The Morgan fingerprint density at radius 2 is 1.68 bits per heavy atom. The Bertz CT molecular complexity index is 962. The van der Waals surface area contributed by atoms with Crippen LogP contribution in [0.15, 0.2) is 60.7 Å². The molecule has 4 rings (SSSR count). The van der Waals surface area contributed by atoms with Crippen LogP contribution in [0.25, 0.3) is 22.0 Å². The molecule has 0 amide bonds. The molecule has 0 saturated carbocycles. The summed E-state index contributed by atoms with van der Waals surface area (Å²) < 4.78 is 0. The van der Waals surface area contributed by atoms with Gasteiger partial charge in [0.15, 0.2) is 5.13 Å². The van der Waals surface area contributed by atoms with Crippen LogP contribution in [0, 0.1) is 0 Å². The van der Waals surface area contributed by atoms with Gasteiger partial charge in [-0.25, -0.2) is 4.98 Å². The van der Waals surface area contributed by atoms with Crippen LogP contribution in [0.5, 0.6) is 0 Å². The van der Waals surface area contributed by atoms with Gasteiger partial charge in [-0.1, -0.05) is 72.0 Å². The Balaban J connectivity index is 1.58. The second kappa shape index (κ2) is 6.82. The smallest absolute Gasteiger partial charge is 0.217 e. The number of aromatic nitrogens is 5. The van der Waals surface area contributed by atoms with Crippen LogP contribution < -0.4 is 5.73 Å². The predicted molar refractivity (Wildman–Crippen MR) is 98.9 cm³/mol. The first kappa shape index (κ1) is 15.5. The number of aryl methyl sites for hydroxylation is 2. The summed E-state index contributed by atoms with van der Waals surface area (Å²) in [5.74, 6) is 0.557. The lowest BCUT2D eigenvalue weighted by atomic mass is 10.1. The fraction of sp³-hybridized carbons (Fsp3) is 0.111. The Hall–Kier alpha value is -3.06. The van der Waals surface area contributed by atoms with Gasteiger partial charge >= 0.3 is 0 Å². The first-order valence-electron chi connectivity index (χ1n) is 7.93. The molecule has 0 aliphatic carbocycles. The van der Waals surface area contributed by atoms with Crippen molar-refractivity contribution in [1.29, 1.82) is 0 Å². The lowest BCUT2D eigenvalue weighted by Crippen LogP contribution is -2.05. The molecule has 0 fully saturated rings. The molecule has 124 valence electrons. The normalized spacial score (nSPS) is 10.9. The van der Waals surface area contributed by atoms with E-state index in [9.17, 15) is 0 Å². The highest BCUT2D eigenvalue weighted by Gasteiger charge is 2.17. The van der Waals surface area contributed by atoms with Crippen LogP contribution in [0.3, 0.4) is 0 Å². The monoisotopic (exact) mass is 348 g/mol. The third-order valence-corrected chi connectivity index (χ3v) is 4.67. The minimum atomic E-state index is 0.495. The first-order valence-corrected chi connectivity index (χ1v) is 8.75. The molecule has 0 radical (unpaired) electrons. The molecule has 2 heterocycles. The van der Waals surface area contributed by atoms with Crippen molar-refractivity contribution >= 4 is 16.5 Å². The summed E-state index contributed by atoms with van der Waals surface area (Å²) in [6.45, 7) is 0.673. The fourth-order valence-corrected chi connectivity index (χ4v) is 3.36. The zero-order chi connectivity index (χ0) is 17.1. The van der Waals surface area contributed by atoms with Crippen LogP contribution >= 0.6 is 11.3 Å².